The van der Waals surface area contributed by atoms with Crippen molar-refractivity contribution in [2.75, 3.05) is 32.8 Å². The summed E-state index contributed by atoms with van der Waals surface area (Å²) in [5, 5.41) is 7.57. The van der Waals surface area contributed by atoms with Crippen molar-refractivity contribution in [3.8, 4) is 0 Å². The fourth-order valence-corrected chi connectivity index (χ4v) is 4.23. The zero-order valence-corrected chi connectivity index (χ0v) is 17.0. The topological polar surface area (TPSA) is 77.6 Å². The number of H-pyrrole nitrogens is 1. The summed E-state index contributed by atoms with van der Waals surface area (Å²) in [5.74, 6) is 2.40. The van der Waals surface area contributed by atoms with E-state index in [9.17, 15) is 0 Å². The molecule has 5 rings (SSSR count). The smallest absolute Gasteiger partial charge is 0.130 e. The van der Waals surface area contributed by atoms with Crippen LogP contribution in [0, 0.1) is 0 Å². The maximum Gasteiger partial charge on any atom is 0.130 e. The molecule has 3 N–H and O–H groups in total. The minimum Gasteiger partial charge on any atom is -0.381 e. The number of halogens is 1. The zero-order chi connectivity index (χ0) is 19.8. The Kier molecular flexibility index (Phi) is 4.93. The molecule has 0 aliphatic carbocycles. The highest BCUT2D eigenvalue weighted by Crippen LogP contribution is 2.32. The molecular formula is C21H25ClN6O. The summed E-state index contributed by atoms with van der Waals surface area (Å²) in [5.41, 5.74) is 3.65. The number of ether oxygens (including phenoxy) is 1. The van der Waals surface area contributed by atoms with Crippen LogP contribution in [-0.4, -0.2) is 60.0 Å². The molecule has 2 fully saturated rings. The van der Waals surface area contributed by atoms with E-state index in [1.54, 1.807) is 0 Å². The van der Waals surface area contributed by atoms with Crippen molar-refractivity contribution in [2.24, 2.45) is 4.99 Å². The first-order valence-electron chi connectivity index (χ1n) is 10.1. The van der Waals surface area contributed by atoms with E-state index >= 15 is 0 Å². The summed E-state index contributed by atoms with van der Waals surface area (Å²) in [4.78, 5) is 15.1. The van der Waals surface area contributed by atoms with Crippen molar-refractivity contribution in [2.45, 2.75) is 24.9 Å². The number of benzene rings is 1. The first-order chi connectivity index (χ1) is 14.2. The number of fused-ring (bicyclic) bond motifs is 1. The van der Waals surface area contributed by atoms with Gasteiger partial charge in [0.2, 0.25) is 0 Å². The first-order valence-corrected chi connectivity index (χ1v) is 10.5. The molecule has 29 heavy (non-hydrogen) atoms. The second kappa shape index (κ2) is 7.72. The van der Waals surface area contributed by atoms with E-state index in [4.69, 9.17) is 21.3 Å². The van der Waals surface area contributed by atoms with Crippen molar-refractivity contribution < 1.29 is 4.74 Å². The SMILES string of the molecule is C=C(NC[C@@H]1CCCO1)C1=C(N2CC(c3nc4cc(Cl)ccc4[nH]3)C2)NCC=N1. The van der Waals surface area contributed by atoms with Crippen LogP contribution >= 0.6 is 11.6 Å². The van der Waals surface area contributed by atoms with Gasteiger partial charge in [-0.25, -0.2) is 4.98 Å². The molecule has 152 valence electrons. The van der Waals surface area contributed by atoms with Crippen LogP contribution in [-0.2, 0) is 4.74 Å². The fraction of sp³-hybridized carbons (Fsp3) is 0.429. The molecule has 0 amide bonds. The van der Waals surface area contributed by atoms with E-state index in [1.165, 1.54) is 0 Å². The van der Waals surface area contributed by atoms with Gasteiger partial charge in [0.1, 0.15) is 17.3 Å². The third kappa shape index (κ3) is 3.72. The number of aromatic amines is 1. The predicted octanol–water partition coefficient (Wildman–Crippen LogP) is 2.74. The zero-order valence-electron chi connectivity index (χ0n) is 16.2. The maximum absolute atomic E-state index is 6.08. The van der Waals surface area contributed by atoms with Gasteiger partial charge >= 0.3 is 0 Å². The van der Waals surface area contributed by atoms with Gasteiger partial charge in [-0.05, 0) is 31.0 Å². The molecular weight excluding hydrogens is 388 g/mol. The minimum atomic E-state index is 0.270. The number of aliphatic imine (C=N–C) groups is 1. The molecule has 1 aromatic carbocycles. The standard InChI is InChI=1S/C21H25ClN6O/c1-13(25-10-16-3-2-8-29-16)19-21(24-7-6-23-19)28-11-14(12-28)20-26-17-5-4-15(22)9-18(17)27-20/h4-6,9,14,16,24-25H,1-3,7-8,10-12H2,(H,26,27)/t16-/m0/s1. The van der Waals surface area contributed by atoms with E-state index in [0.29, 0.717) is 10.9 Å². The average Bonchev–Trinajstić information content (AvgIpc) is 3.34. The van der Waals surface area contributed by atoms with Gasteiger partial charge in [0.15, 0.2) is 0 Å². The molecule has 0 saturated carbocycles. The summed E-state index contributed by atoms with van der Waals surface area (Å²) < 4.78 is 5.69. The molecule has 3 aliphatic heterocycles. The third-order valence-corrected chi connectivity index (χ3v) is 5.94. The van der Waals surface area contributed by atoms with Crippen LogP contribution in [0.2, 0.25) is 5.02 Å². The maximum atomic E-state index is 6.08. The monoisotopic (exact) mass is 412 g/mol. The summed E-state index contributed by atoms with van der Waals surface area (Å²) in [6.45, 7) is 8.33. The van der Waals surface area contributed by atoms with Crippen LogP contribution in [0.15, 0.2) is 47.0 Å². The molecule has 4 heterocycles. The average molecular weight is 413 g/mol. The molecule has 0 spiro atoms. The third-order valence-electron chi connectivity index (χ3n) is 5.71. The molecule has 8 heteroatoms. The molecule has 2 saturated heterocycles. The largest absolute Gasteiger partial charge is 0.381 e. The lowest BCUT2D eigenvalue weighted by atomic mass is 9.99. The number of hydrogen-bond donors (Lipinski definition) is 3. The van der Waals surface area contributed by atoms with Crippen molar-refractivity contribution in [1.82, 2.24) is 25.5 Å². The van der Waals surface area contributed by atoms with Gasteiger partial charge in [0.05, 0.1) is 35.3 Å². The molecule has 3 aliphatic rings. The Morgan fingerprint density at radius 1 is 1.38 bits per heavy atom. The quantitative estimate of drug-likeness (QED) is 0.680. The van der Waals surface area contributed by atoms with Gasteiger partial charge in [-0.15, -0.1) is 0 Å². The van der Waals surface area contributed by atoms with Gasteiger partial charge in [0.25, 0.3) is 0 Å². The minimum absolute atomic E-state index is 0.270. The fourth-order valence-electron chi connectivity index (χ4n) is 4.06. The van der Waals surface area contributed by atoms with Crippen molar-refractivity contribution in [3.63, 3.8) is 0 Å². The highest BCUT2D eigenvalue weighted by Gasteiger charge is 2.34. The highest BCUT2D eigenvalue weighted by atomic mass is 35.5. The molecule has 7 nitrogen and oxygen atoms in total. The lowest BCUT2D eigenvalue weighted by Gasteiger charge is -2.42. The van der Waals surface area contributed by atoms with E-state index in [2.05, 4.69) is 32.1 Å². The number of likely N-dealkylation sites (tertiary alicyclic amines) is 1. The Hall–Kier alpha value is -2.51. The Labute approximate surface area is 174 Å². The summed E-state index contributed by atoms with van der Waals surface area (Å²) in [6.07, 6.45) is 4.39. The van der Waals surface area contributed by atoms with Crippen LogP contribution in [0.4, 0.5) is 0 Å². The van der Waals surface area contributed by atoms with Crippen LogP contribution in [0.5, 0.6) is 0 Å². The second-order valence-electron chi connectivity index (χ2n) is 7.77. The molecule has 0 bridgehead atoms. The second-order valence-corrected chi connectivity index (χ2v) is 8.21. The van der Waals surface area contributed by atoms with Crippen LogP contribution in [0.1, 0.15) is 24.6 Å². The van der Waals surface area contributed by atoms with E-state index in [1.807, 2.05) is 24.4 Å². The number of imidazole rings is 1. The van der Waals surface area contributed by atoms with Crippen molar-refractivity contribution in [3.05, 3.63) is 52.8 Å². The molecule has 0 unspecified atom stereocenters. The van der Waals surface area contributed by atoms with Crippen LogP contribution in [0.3, 0.4) is 0 Å². The van der Waals surface area contributed by atoms with Gasteiger partial charge < -0.3 is 25.3 Å². The number of nitrogens with zero attached hydrogens (tertiary/aromatic N) is 3. The van der Waals surface area contributed by atoms with Crippen molar-refractivity contribution in [1.29, 1.82) is 0 Å². The summed E-state index contributed by atoms with van der Waals surface area (Å²) >= 11 is 6.08. The van der Waals surface area contributed by atoms with E-state index in [-0.39, 0.29) is 6.10 Å². The van der Waals surface area contributed by atoms with Gasteiger partial charge in [-0.1, -0.05) is 18.2 Å². The lowest BCUT2D eigenvalue weighted by Crippen LogP contribution is -2.49. The number of rotatable bonds is 6. The van der Waals surface area contributed by atoms with Crippen LogP contribution < -0.4 is 10.6 Å². The molecule has 2 aromatic rings. The highest BCUT2D eigenvalue weighted by molar-refractivity contribution is 6.31. The van der Waals surface area contributed by atoms with E-state index in [0.717, 1.165) is 79.7 Å². The summed E-state index contributed by atoms with van der Waals surface area (Å²) in [7, 11) is 0. The van der Waals surface area contributed by atoms with E-state index < -0.39 is 0 Å². The van der Waals surface area contributed by atoms with Crippen molar-refractivity contribution >= 4 is 28.8 Å². The van der Waals surface area contributed by atoms with Gasteiger partial charge in [-0.3, -0.25) is 4.99 Å². The predicted molar refractivity (Wildman–Crippen MR) is 115 cm³/mol. The van der Waals surface area contributed by atoms with Gasteiger partial charge in [-0.2, -0.15) is 0 Å². The molecule has 0 radical (unpaired) electrons. The Balaban J connectivity index is 1.26. The van der Waals surface area contributed by atoms with Gasteiger partial charge in [0, 0.05) is 37.5 Å². The first kappa shape index (κ1) is 18.5. The Bertz CT molecular complexity index is 984. The normalized spacial score (nSPS) is 22.1. The lowest BCUT2D eigenvalue weighted by molar-refractivity contribution is 0.112. The Morgan fingerprint density at radius 2 is 2.28 bits per heavy atom. The number of hydrogen-bond acceptors (Lipinski definition) is 6. The number of aromatic nitrogens is 2. The molecule has 1 aromatic heterocycles. The summed E-state index contributed by atoms with van der Waals surface area (Å²) in [6, 6.07) is 5.76. The van der Waals surface area contributed by atoms with Crippen LogP contribution in [0.25, 0.3) is 11.0 Å². The number of nitrogens with one attached hydrogen (secondary N) is 3. The molecule has 1 atom stereocenters. The Morgan fingerprint density at radius 3 is 3.10 bits per heavy atom.